The Morgan fingerprint density at radius 2 is 1.04 bits per heavy atom. The Morgan fingerprint density at radius 3 is 1.50 bits per heavy atom. The first-order valence-electron chi connectivity index (χ1n) is 6.74. The van der Waals surface area contributed by atoms with Crippen LogP contribution in [0, 0.1) is 5.92 Å². The predicted octanol–water partition coefficient (Wildman–Crippen LogP) is 6.47. The van der Waals surface area contributed by atoms with Gasteiger partial charge in [0.15, 0.2) is 0 Å². The molecule has 24 heavy (non-hydrogen) atoms. The molecule has 2 unspecified atom stereocenters. The molecule has 0 aromatic carbocycles. The van der Waals surface area contributed by atoms with Crippen molar-refractivity contribution >= 4 is 22.6 Å². The largest absolute Gasteiger partial charge is 0.460 e. The predicted molar refractivity (Wildman–Crippen MR) is 70.2 cm³/mol. The molecule has 1 saturated carbocycles. The highest BCUT2D eigenvalue weighted by molar-refractivity contribution is 14.1. The number of hydrogen-bond donors (Lipinski definition) is 0. The number of halogens is 12. The monoisotopic (exact) mass is 492 g/mol. The summed E-state index contributed by atoms with van der Waals surface area (Å²) < 4.78 is 142. The molecule has 0 saturated heterocycles. The summed E-state index contributed by atoms with van der Waals surface area (Å²) in [4.78, 5) is 0. The Balaban J connectivity index is 3.33. The Bertz CT molecular complexity index is 443. The van der Waals surface area contributed by atoms with Gasteiger partial charge in [0.1, 0.15) is 0 Å². The summed E-state index contributed by atoms with van der Waals surface area (Å²) in [6, 6.07) is 0. The molecule has 1 aliphatic carbocycles. The van der Waals surface area contributed by atoms with Crippen LogP contribution in [0.1, 0.15) is 32.1 Å². The molecule has 0 aliphatic heterocycles. The standard InChI is InChI=1S/C12H12F11I/c13-8(14,6-4-2-1-3-5-7(6)24)9(15,16)10(17,18)11(19,20)12(21,22)23/h6-7H,1-5H2. The minimum Gasteiger partial charge on any atom is -0.199 e. The number of rotatable bonds is 4. The summed E-state index contributed by atoms with van der Waals surface area (Å²) in [6.45, 7) is 0. The Labute approximate surface area is 143 Å². The lowest BCUT2D eigenvalue weighted by molar-refractivity contribution is -0.426. The molecule has 1 fully saturated rings. The molecule has 0 N–H and O–H groups in total. The molecule has 0 nitrogen and oxygen atoms in total. The quantitative estimate of drug-likeness (QED) is 0.183. The summed E-state index contributed by atoms with van der Waals surface area (Å²) in [7, 11) is 0. The van der Waals surface area contributed by atoms with Gasteiger partial charge in [-0.15, -0.1) is 0 Å². The van der Waals surface area contributed by atoms with Crippen molar-refractivity contribution < 1.29 is 48.3 Å². The van der Waals surface area contributed by atoms with Crippen LogP contribution in [0.3, 0.4) is 0 Å². The van der Waals surface area contributed by atoms with Gasteiger partial charge in [0, 0.05) is 9.84 Å². The Hall–Kier alpha value is -0.0400. The van der Waals surface area contributed by atoms with Crippen molar-refractivity contribution in [1.82, 2.24) is 0 Å². The highest BCUT2D eigenvalue weighted by Gasteiger charge is 2.87. The lowest BCUT2D eigenvalue weighted by atomic mass is 9.85. The van der Waals surface area contributed by atoms with Gasteiger partial charge in [-0.05, 0) is 12.8 Å². The van der Waals surface area contributed by atoms with E-state index < -0.39 is 46.1 Å². The van der Waals surface area contributed by atoms with Crippen molar-refractivity contribution in [3.05, 3.63) is 0 Å². The summed E-state index contributed by atoms with van der Waals surface area (Å²) >= 11 is 1.31. The van der Waals surface area contributed by atoms with Crippen LogP contribution in [0.25, 0.3) is 0 Å². The van der Waals surface area contributed by atoms with Crippen LogP contribution in [0.5, 0.6) is 0 Å². The maximum atomic E-state index is 14.0. The minimum absolute atomic E-state index is 0.0446. The summed E-state index contributed by atoms with van der Waals surface area (Å²) in [5.41, 5.74) is 0. The molecule has 0 aromatic rings. The van der Waals surface area contributed by atoms with E-state index in [0.717, 1.165) is 0 Å². The van der Waals surface area contributed by atoms with Gasteiger partial charge in [-0.2, -0.15) is 48.3 Å². The average molecular weight is 492 g/mol. The van der Waals surface area contributed by atoms with Crippen LogP contribution in [0.4, 0.5) is 48.3 Å². The second-order valence-corrected chi connectivity index (χ2v) is 7.20. The summed E-state index contributed by atoms with van der Waals surface area (Å²) in [5, 5.41) is 0. The van der Waals surface area contributed by atoms with E-state index in [-0.39, 0.29) is 12.8 Å². The van der Waals surface area contributed by atoms with E-state index in [1.165, 1.54) is 22.6 Å². The zero-order valence-electron chi connectivity index (χ0n) is 11.7. The molecule has 0 radical (unpaired) electrons. The van der Waals surface area contributed by atoms with Gasteiger partial charge in [0.25, 0.3) is 0 Å². The molecule has 144 valence electrons. The highest BCUT2D eigenvalue weighted by atomic mass is 127. The fraction of sp³-hybridized carbons (Fsp3) is 1.00. The third kappa shape index (κ3) is 3.31. The van der Waals surface area contributed by atoms with Crippen molar-refractivity contribution in [1.29, 1.82) is 0 Å². The van der Waals surface area contributed by atoms with E-state index in [9.17, 15) is 48.3 Å². The van der Waals surface area contributed by atoms with E-state index in [4.69, 9.17) is 0 Å². The number of hydrogen-bond acceptors (Lipinski definition) is 0. The maximum absolute atomic E-state index is 14.0. The fourth-order valence-corrected chi connectivity index (χ4v) is 3.74. The van der Waals surface area contributed by atoms with Gasteiger partial charge in [0.2, 0.25) is 0 Å². The first kappa shape index (κ1) is 22.0. The van der Waals surface area contributed by atoms with E-state index in [2.05, 4.69) is 0 Å². The molecule has 0 spiro atoms. The number of alkyl halides is 12. The smallest absolute Gasteiger partial charge is 0.199 e. The van der Waals surface area contributed by atoms with Crippen molar-refractivity contribution in [3.63, 3.8) is 0 Å². The van der Waals surface area contributed by atoms with Crippen LogP contribution >= 0.6 is 22.6 Å². The topological polar surface area (TPSA) is 0 Å². The third-order valence-corrected chi connectivity index (χ3v) is 5.45. The average Bonchev–Trinajstić information content (AvgIpc) is 2.61. The zero-order valence-corrected chi connectivity index (χ0v) is 13.9. The molecule has 1 rings (SSSR count). The van der Waals surface area contributed by atoms with Gasteiger partial charge in [-0.3, -0.25) is 0 Å². The molecular weight excluding hydrogens is 480 g/mol. The van der Waals surface area contributed by atoms with Crippen LogP contribution in [0.2, 0.25) is 0 Å². The van der Waals surface area contributed by atoms with Crippen molar-refractivity contribution in [3.8, 4) is 0 Å². The first-order chi connectivity index (χ1) is 10.5. The van der Waals surface area contributed by atoms with E-state index >= 15 is 0 Å². The third-order valence-electron chi connectivity index (χ3n) is 3.96. The first-order valence-corrected chi connectivity index (χ1v) is 7.98. The van der Waals surface area contributed by atoms with Gasteiger partial charge >= 0.3 is 29.9 Å². The molecule has 0 amide bonds. The fourth-order valence-electron chi connectivity index (χ4n) is 2.49. The Kier molecular flexibility index (Phi) is 6.05. The minimum atomic E-state index is -7.31. The molecule has 0 bridgehead atoms. The normalized spacial score (nSPS) is 25.5. The van der Waals surface area contributed by atoms with Crippen LogP contribution in [0.15, 0.2) is 0 Å². The molecule has 12 heteroatoms. The molecular formula is C12H12F11I. The second kappa shape index (κ2) is 6.60. The molecule has 2 atom stereocenters. The van der Waals surface area contributed by atoms with Crippen molar-refractivity contribution in [2.24, 2.45) is 5.92 Å². The van der Waals surface area contributed by atoms with E-state index in [1.807, 2.05) is 0 Å². The molecule has 0 aromatic heterocycles. The van der Waals surface area contributed by atoms with E-state index in [1.54, 1.807) is 0 Å². The van der Waals surface area contributed by atoms with Gasteiger partial charge in [-0.25, -0.2) is 0 Å². The van der Waals surface area contributed by atoms with Gasteiger partial charge in [0.05, 0.1) is 0 Å². The van der Waals surface area contributed by atoms with Crippen molar-refractivity contribution in [2.75, 3.05) is 0 Å². The lowest BCUT2D eigenvalue weighted by Crippen LogP contribution is -2.68. The summed E-state index contributed by atoms with van der Waals surface area (Å²) in [6.07, 6.45) is -7.21. The highest BCUT2D eigenvalue weighted by Crippen LogP contribution is 2.60. The summed E-state index contributed by atoms with van der Waals surface area (Å²) in [5.74, 6) is -29.7. The van der Waals surface area contributed by atoms with Gasteiger partial charge < -0.3 is 0 Å². The van der Waals surface area contributed by atoms with Crippen LogP contribution in [-0.4, -0.2) is 33.8 Å². The lowest BCUT2D eigenvalue weighted by Gasteiger charge is -2.41. The van der Waals surface area contributed by atoms with E-state index in [0.29, 0.717) is 12.8 Å². The maximum Gasteiger partial charge on any atom is 0.460 e. The second-order valence-electron chi connectivity index (χ2n) is 5.60. The molecule has 1 aliphatic rings. The Morgan fingerprint density at radius 1 is 0.583 bits per heavy atom. The van der Waals surface area contributed by atoms with Crippen molar-refractivity contribution in [2.45, 2.75) is 65.9 Å². The van der Waals surface area contributed by atoms with Crippen LogP contribution in [-0.2, 0) is 0 Å². The zero-order chi connectivity index (χ0) is 19.2. The van der Waals surface area contributed by atoms with Gasteiger partial charge in [-0.1, -0.05) is 41.9 Å². The SMILES string of the molecule is FC(F)(F)C(F)(F)C(F)(F)C(F)(F)C(F)(F)C1CCCCCC1I. The van der Waals surface area contributed by atoms with Crippen LogP contribution < -0.4 is 0 Å². The molecule has 0 heterocycles.